The van der Waals surface area contributed by atoms with Crippen LogP contribution in [0.5, 0.6) is 0 Å². The molecule has 0 radical (unpaired) electrons. The van der Waals surface area contributed by atoms with Gasteiger partial charge in [-0.15, -0.1) is 11.6 Å². The molecule has 0 aromatic carbocycles. The van der Waals surface area contributed by atoms with Gasteiger partial charge in [0.05, 0.1) is 5.38 Å². The van der Waals surface area contributed by atoms with Gasteiger partial charge in [-0.2, -0.15) is 8.42 Å². The number of rotatable bonds is 0. The number of thioether (sulfide) groups is 1. The van der Waals surface area contributed by atoms with Gasteiger partial charge in [-0.05, 0) is 5.41 Å². The van der Waals surface area contributed by atoms with Crippen molar-refractivity contribution >= 4 is 37.9 Å². The molecule has 1 atom stereocenters. The van der Waals surface area contributed by atoms with Crippen LogP contribution in [0.25, 0.3) is 0 Å². The molecule has 0 aromatic rings. The standard InChI is InChI=1S/C4H3ClO2S2/c5-3-1-2-8-4(3)9(6)7/h1-3H. The van der Waals surface area contributed by atoms with Crippen LogP contribution >= 0.6 is 23.4 Å². The third-order valence-corrected chi connectivity index (χ3v) is 3.50. The zero-order valence-electron chi connectivity index (χ0n) is 4.24. The number of alkyl halides is 1. The molecule has 1 unspecified atom stereocenters. The van der Waals surface area contributed by atoms with Crippen molar-refractivity contribution in [3.63, 3.8) is 0 Å². The third kappa shape index (κ3) is 1.50. The topological polar surface area (TPSA) is 34.1 Å². The molecule has 0 fully saturated rings. The Labute approximate surface area is 63.4 Å². The van der Waals surface area contributed by atoms with Crippen molar-refractivity contribution in [1.82, 2.24) is 0 Å². The van der Waals surface area contributed by atoms with E-state index >= 15 is 0 Å². The van der Waals surface area contributed by atoms with Gasteiger partial charge < -0.3 is 0 Å². The second-order valence-electron chi connectivity index (χ2n) is 1.40. The Morgan fingerprint density at radius 3 is 2.56 bits per heavy atom. The van der Waals surface area contributed by atoms with Crippen LogP contribution in [0.1, 0.15) is 0 Å². The first-order chi connectivity index (χ1) is 4.22. The van der Waals surface area contributed by atoms with Crippen LogP contribution in [0.4, 0.5) is 0 Å². The summed E-state index contributed by atoms with van der Waals surface area (Å²) in [6, 6.07) is 0. The molecule has 5 heteroatoms. The zero-order valence-corrected chi connectivity index (χ0v) is 6.63. The molecule has 0 aliphatic carbocycles. The van der Waals surface area contributed by atoms with E-state index in [0.29, 0.717) is 0 Å². The highest BCUT2D eigenvalue weighted by molar-refractivity contribution is 8.24. The zero-order chi connectivity index (χ0) is 6.85. The van der Waals surface area contributed by atoms with E-state index in [-0.39, 0.29) is 4.20 Å². The monoisotopic (exact) mass is 182 g/mol. The first kappa shape index (κ1) is 7.18. The van der Waals surface area contributed by atoms with E-state index in [2.05, 4.69) is 0 Å². The Bertz CT molecular complexity index is 256. The molecule has 0 saturated carbocycles. The summed E-state index contributed by atoms with van der Waals surface area (Å²) in [6.45, 7) is 0. The lowest BCUT2D eigenvalue weighted by atomic mass is 10.5. The molecule has 2 nitrogen and oxygen atoms in total. The molecule has 1 aliphatic rings. The highest BCUT2D eigenvalue weighted by Crippen LogP contribution is 2.21. The van der Waals surface area contributed by atoms with Crippen molar-refractivity contribution in [1.29, 1.82) is 0 Å². The average Bonchev–Trinajstić information content (AvgIpc) is 2.13. The minimum Gasteiger partial charge on any atom is -0.184 e. The summed E-state index contributed by atoms with van der Waals surface area (Å²) in [5.74, 6) is 0. The molecular weight excluding hydrogens is 180 g/mol. The van der Waals surface area contributed by atoms with Crippen LogP contribution in [0.15, 0.2) is 11.5 Å². The van der Waals surface area contributed by atoms with Crippen molar-refractivity contribution in [3.8, 4) is 0 Å². The Morgan fingerprint density at radius 1 is 1.67 bits per heavy atom. The predicted octanol–water partition coefficient (Wildman–Crippen LogP) is 0.863. The fourth-order valence-corrected chi connectivity index (χ4v) is 2.30. The molecule has 0 saturated heterocycles. The molecule has 9 heavy (non-hydrogen) atoms. The molecule has 1 heterocycles. The SMILES string of the molecule is O=S(=O)=C1SC=CC1Cl. The van der Waals surface area contributed by atoms with Gasteiger partial charge in [0.25, 0.3) is 0 Å². The summed E-state index contributed by atoms with van der Waals surface area (Å²) in [5.41, 5.74) is 0. The van der Waals surface area contributed by atoms with Gasteiger partial charge in [-0.25, -0.2) is 0 Å². The molecule has 0 amide bonds. The maximum absolute atomic E-state index is 10.2. The van der Waals surface area contributed by atoms with Crippen molar-refractivity contribution in [2.45, 2.75) is 5.38 Å². The summed E-state index contributed by atoms with van der Waals surface area (Å²) in [4.78, 5) is 0. The van der Waals surface area contributed by atoms with E-state index in [4.69, 9.17) is 11.6 Å². The summed E-state index contributed by atoms with van der Waals surface area (Å²) in [7, 11) is -2.14. The first-order valence-electron chi connectivity index (χ1n) is 2.15. The fourth-order valence-electron chi connectivity index (χ4n) is 0.450. The van der Waals surface area contributed by atoms with Crippen molar-refractivity contribution in [2.24, 2.45) is 0 Å². The highest BCUT2D eigenvalue weighted by Gasteiger charge is 2.15. The lowest BCUT2D eigenvalue weighted by molar-refractivity contribution is 0.627. The Morgan fingerprint density at radius 2 is 2.33 bits per heavy atom. The Balaban J connectivity index is 3.05. The molecule has 0 N–H and O–H groups in total. The van der Waals surface area contributed by atoms with Gasteiger partial charge in [0.1, 0.15) is 4.20 Å². The van der Waals surface area contributed by atoms with E-state index in [1.165, 1.54) is 0 Å². The molecule has 0 aromatic heterocycles. The number of allylic oxidation sites excluding steroid dienone is 1. The van der Waals surface area contributed by atoms with E-state index in [0.717, 1.165) is 11.8 Å². The van der Waals surface area contributed by atoms with Gasteiger partial charge in [0, 0.05) is 0 Å². The van der Waals surface area contributed by atoms with Gasteiger partial charge in [-0.1, -0.05) is 17.8 Å². The minimum absolute atomic E-state index is 0.289. The average molecular weight is 183 g/mol. The van der Waals surface area contributed by atoms with E-state index in [1.807, 2.05) is 0 Å². The maximum atomic E-state index is 10.2. The lowest BCUT2D eigenvalue weighted by Gasteiger charge is -1.89. The van der Waals surface area contributed by atoms with Crippen molar-refractivity contribution in [3.05, 3.63) is 11.5 Å². The van der Waals surface area contributed by atoms with Gasteiger partial charge in [0.15, 0.2) is 0 Å². The normalized spacial score (nSPS) is 25.0. The lowest BCUT2D eigenvalue weighted by Crippen LogP contribution is -2.02. The quantitative estimate of drug-likeness (QED) is 0.412. The fraction of sp³-hybridized carbons (Fsp3) is 0.250. The van der Waals surface area contributed by atoms with Crippen LogP contribution in [0, 0.1) is 0 Å². The van der Waals surface area contributed by atoms with Crippen LogP contribution in [-0.4, -0.2) is 18.0 Å². The predicted molar refractivity (Wildman–Crippen MR) is 40.3 cm³/mol. The van der Waals surface area contributed by atoms with Crippen LogP contribution in [-0.2, 0) is 10.3 Å². The number of hydrogen-bond donors (Lipinski definition) is 0. The van der Waals surface area contributed by atoms with Gasteiger partial charge >= 0.3 is 0 Å². The molecule has 50 valence electrons. The summed E-state index contributed by atoms with van der Waals surface area (Å²) in [6.07, 6.45) is 1.64. The summed E-state index contributed by atoms with van der Waals surface area (Å²) in [5, 5.41) is 1.23. The van der Waals surface area contributed by atoms with Gasteiger partial charge in [-0.3, -0.25) is 0 Å². The van der Waals surface area contributed by atoms with E-state index in [9.17, 15) is 8.42 Å². The smallest absolute Gasteiger partial charge is 0.184 e. The van der Waals surface area contributed by atoms with E-state index in [1.54, 1.807) is 11.5 Å². The largest absolute Gasteiger partial charge is 0.225 e. The molecule has 0 spiro atoms. The van der Waals surface area contributed by atoms with Crippen LogP contribution in [0.2, 0.25) is 0 Å². The molecule has 1 aliphatic heterocycles. The van der Waals surface area contributed by atoms with Gasteiger partial charge in [0.2, 0.25) is 10.3 Å². The van der Waals surface area contributed by atoms with E-state index < -0.39 is 15.7 Å². The minimum atomic E-state index is -2.14. The third-order valence-electron chi connectivity index (χ3n) is 0.821. The summed E-state index contributed by atoms with van der Waals surface area (Å²) < 4.78 is 20.7. The highest BCUT2D eigenvalue weighted by atomic mass is 35.5. The van der Waals surface area contributed by atoms with Crippen molar-refractivity contribution in [2.75, 3.05) is 0 Å². The number of halogens is 1. The molecular formula is C4H3ClO2S2. The Hall–Kier alpha value is 0.0700. The summed E-state index contributed by atoms with van der Waals surface area (Å²) >= 11 is 6.69. The van der Waals surface area contributed by atoms with Crippen LogP contribution in [0.3, 0.4) is 0 Å². The molecule has 1 rings (SSSR count). The molecule has 0 bridgehead atoms. The first-order valence-corrected chi connectivity index (χ1v) is 4.54. The number of hydrogen-bond acceptors (Lipinski definition) is 3. The van der Waals surface area contributed by atoms with Crippen molar-refractivity contribution < 1.29 is 8.42 Å². The van der Waals surface area contributed by atoms with Crippen LogP contribution < -0.4 is 0 Å². The second kappa shape index (κ2) is 2.77. The maximum Gasteiger partial charge on any atom is 0.225 e. The Kier molecular flexibility index (Phi) is 2.21. The second-order valence-corrected chi connectivity index (χ2v) is 3.99.